The first-order valence-electron chi connectivity index (χ1n) is 10.1. The molecule has 34 heavy (non-hydrogen) atoms. The first-order chi connectivity index (χ1) is 15.8. The molecule has 2 aromatic rings. The molecule has 0 saturated carbocycles. The van der Waals surface area contributed by atoms with E-state index in [9.17, 15) is 29.6 Å². The van der Waals surface area contributed by atoms with Crippen molar-refractivity contribution in [3.05, 3.63) is 63.3 Å². The number of carbonyl (C=O) groups is 3. The molecule has 3 N–H and O–H groups in total. The molecule has 1 atom stereocenters. The Morgan fingerprint density at radius 3 is 2.53 bits per heavy atom. The number of carbonyl (C=O) groups excluding carboxylic acids is 3. The fourth-order valence-corrected chi connectivity index (χ4v) is 3.10. The number of carboxylic acids is 1. The molecule has 1 heterocycles. The van der Waals surface area contributed by atoms with Gasteiger partial charge in [0.15, 0.2) is 0 Å². The Bertz CT molecular complexity index is 995. The van der Waals surface area contributed by atoms with E-state index in [0.717, 1.165) is 18.3 Å². The zero-order valence-corrected chi connectivity index (χ0v) is 21.3. The van der Waals surface area contributed by atoms with Crippen molar-refractivity contribution < 1.29 is 54.0 Å². The summed E-state index contributed by atoms with van der Waals surface area (Å²) in [6.07, 6.45) is 2.59. The summed E-state index contributed by atoms with van der Waals surface area (Å²) < 4.78 is 0. The fraction of sp³-hybridized carbons (Fsp3) is 0.333. The predicted octanol–water partition coefficient (Wildman–Crippen LogP) is -1.66. The maximum atomic E-state index is 12.2. The number of hydrogen-bond acceptors (Lipinski definition) is 8. The van der Waals surface area contributed by atoms with Gasteiger partial charge in [0.2, 0.25) is 11.8 Å². The number of carboxylic acid groups (broad SMARTS) is 1. The number of aliphatic carboxylic acids is 1. The number of nitrogens with zero attached hydrogens (tertiary/aromatic N) is 2. The molecule has 0 radical (unpaired) electrons. The van der Waals surface area contributed by atoms with E-state index in [0.29, 0.717) is 13.0 Å². The molecular weight excluding hydrogens is 477 g/mol. The third kappa shape index (κ3) is 10.5. The van der Waals surface area contributed by atoms with Crippen molar-refractivity contribution in [2.45, 2.75) is 31.7 Å². The van der Waals surface area contributed by atoms with Crippen LogP contribution in [0.3, 0.4) is 0 Å². The van der Waals surface area contributed by atoms with Crippen LogP contribution in [-0.2, 0) is 14.4 Å². The Morgan fingerprint density at radius 1 is 1.12 bits per heavy atom. The quantitative estimate of drug-likeness (QED) is 0.127. The molecule has 13 heteroatoms. The molecule has 0 aliphatic rings. The van der Waals surface area contributed by atoms with Gasteiger partial charge in [-0.2, -0.15) is 0 Å². The van der Waals surface area contributed by atoms with Gasteiger partial charge in [-0.25, -0.2) is 4.98 Å². The minimum absolute atomic E-state index is 0. The number of anilines is 1. The van der Waals surface area contributed by atoms with Crippen LogP contribution < -0.4 is 50.6 Å². The molecule has 1 unspecified atom stereocenters. The molecule has 0 bridgehead atoms. The van der Waals surface area contributed by atoms with Crippen molar-refractivity contribution in [2.24, 2.45) is 0 Å². The van der Waals surface area contributed by atoms with Gasteiger partial charge in [-0.1, -0.05) is 23.7 Å². The Balaban J connectivity index is 0.00000578. The summed E-state index contributed by atoms with van der Waals surface area (Å²) in [4.78, 5) is 49.7. The number of hydrogen-bond donors (Lipinski definition) is 3. The fourth-order valence-electron chi connectivity index (χ4n) is 2.91. The summed E-state index contributed by atoms with van der Waals surface area (Å²) in [5.74, 6) is -1.69. The van der Waals surface area contributed by atoms with Gasteiger partial charge in [0.25, 0.3) is 5.69 Å². The van der Waals surface area contributed by atoms with E-state index >= 15 is 0 Å². The number of pyridine rings is 1. The number of nitro benzene ring substituents is 1. The van der Waals surface area contributed by atoms with Crippen molar-refractivity contribution in [1.82, 2.24) is 15.6 Å². The Hall–Kier alpha value is -2.73. The van der Waals surface area contributed by atoms with Crippen LogP contribution in [-0.4, -0.2) is 40.8 Å². The first-order valence-corrected chi connectivity index (χ1v) is 10.5. The van der Waals surface area contributed by atoms with E-state index in [-0.39, 0.29) is 59.0 Å². The van der Waals surface area contributed by atoms with Crippen LogP contribution >= 0.6 is 11.6 Å². The molecular formula is C21H23ClN5NaO6. The second-order valence-corrected chi connectivity index (χ2v) is 7.45. The molecule has 176 valence electrons. The summed E-state index contributed by atoms with van der Waals surface area (Å²) in [5.41, 5.74) is -0.243. The number of nitro groups is 1. The Kier molecular flexibility index (Phi) is 13.1. The molecule has 0 aliphatic carbocycles. The molecule has 0 saturated heterocycles. The van der Waals surface area contributed by atoms with Gasteiger partial charge in [-0.15, -0.1) is 0 Å². The topological polar surface area (TPSA) is 166 Å². The zero-order chi connectivity index (χ0) is 24.2. The van der Waals surface area contributed by atoms with Gasteiger partial charge in [-0.05, 0) is 36.6 Å². The number of halogens is 1. The number of benzene rings is 1. The van der Waals surface area contributed by atoms with E-state index in [1.165, 1.54) is 12.1 Å². The molecule has 1 aromatic heterocycles. The van der Waals surface area contributed by atoms with Crippen LogP contribution in [0.2, 0.25) is 5.02 Å². The first kappa shape index (κ1) is 29.3. The van der Waals surface area contributed by atoms with Crippen molar-refractivity contribution >= 4 is 40.9 Å². The number of rotatable bonds is 13. The summed E-state index contributed by atoms with van der Waals surface area (Å²) in [6.45, 7) is 0.271. The van der Waals surface area contributed by atoms with Crippen LogP contribution in [0, 0.1) is 10.1 Å². The summed E-state index contributed by atoms with van der Waals surface area (Å²) in [5, 5.41) is 30.1. The molecule has 2 amide bonds. The van der Waals surface area contributed by atoms with Crippen LogP contribution in [0.4, 0.5) is 11.5 Å². The van der Waals surface area contributed by atoms with E-state index < -0.39 is 34.9 Å². The van der Waals surface area contributed by atoms with Crippen LogP contribution in [0.1, 0.15) is 37.3 Å². The van der Waals surface area contributed by atoms with Gasteiger partial charge >= 0.3 is 29.6 Å². The van der Waals surface area contributed by atoms with E-state index in [2.05, 4.69) is 20.9 Å². The van der Waals surface area contributed by atoms with Crippen molar-refractivity contribution in [2.75, 3.05) is 18.4 Å². The predicted molar refractivity (Wildman–Crippen MR) is 118 cm³/mol. The van der Waals surface area contributed by atoms with Gasteiger partial charge in [-0.3, -0.25) is 19.7 Å². The summed E-state index contributed by atoms with van der Waals surface area (Å²) in [7, 11) is 0. The molecule has 11 nitrogen and oxygen atoms in total. The smallest absolute Gasteiger partial charge is 0.550 e. The standard InChI is InChI=1S/C21H24ClN5O6.Na/c22-15-8-7-14(11-17(15)27(32)33)16(12-21(30)31)26-20(29)13-25-19(28)6-2-4-10-24-18-5-1-3-9-23-18;/h1,3,5,7-9,11,16H,2,4,6,10,12-13H2,(H,23,24)(H,25,28)(H,26,29)(H,30,31);/q;+1/p-1. The second kappa shape index (κ2) is 15.2. The maximum absolute atomic E-state index is 12.2. The summed E-state index contributed by atoms with van der Waals surface area (Å²) >= 11 is 5.77. The number of unbranched alkanes of at least 4 members (excludes halogenated alkanes) is 1. The Morgan fingerprint density at radius 2 is 1.88 bits per heavy atom. The molecule has 2 rings (SSSR count). The van der Waals surface area contributed by atoms with Crippen molar-refractivity contribution in [3.63, 3.8) is 0 Å². The average molecular weight is 500 g/mol. The van der Waals surface area contributed by atoms with Gasteiger partial charge in [0, 0.05) is 37.6 Å². The average Bonchev–Trinajstić information content (AvgIpc) is 2.77. The van der Waals surface area contributed by atoms with Crippen molar-refractivity contribution in [3.8, 4) is 0 Å². The minimum Gasteiger partial charge on any atom is -0.550 e. The SMILES string of the molecule is O=C([O-])CC(NC(=O)CNC(=O)CCCCNc1ccccn1)c1ccc(Cl)c([N+](=O)[O-])c1.[Na+]. The third-order valence-corrected chi connectivity index (χ3v) is 4.84. The largest absolute Gasteiger partial charge is 1.00 e. The van der Waals surface area contributed by atoms with E-state index in [1.807, 2.05) is 18.2 Å². The normalized spacial score (nSPS) is 11.0. The second-order valence-electron chi connectivity index (χ2n) is 7.04. The van der Waals surface area contributed by atoms with Crippen molar-refractivity contribution in [1.29, 1.82) is 0 Å². The molecule has 0 fully saturated rings. The molecule has 0 spiro atoms. The van der Waals surface area contributed by atoms with Gasteiger partial charge < -0.3 is 25.9 Å². The van der Waals surface area contributed by atoms with Crippen LogP contribution in [0.15, 0.2) is 42.6 Å². The molecule has 1 aromatic carbocycles. The number of amides is 2. The maximum Gasteiger partial charge on any atom is 1.00 e. The molecule has 0 aliphatic heterocycles. The third-order valence-electron chi connectivity index (χ3n) is 4.52. The van der Waals surface area contributed by atoms with Gasteiger partial charge in [0.1, 0.15) is 10.8 Å². The Labute approximate surface area is 223 Å². The van der Waals surface area contributed by atoms with E-state index in [1.54, 1.807) is 6.20 Å². The minimum atomic E-state index is -1.46. The monoisotopic (exact) mass is 499 g/mol. The zero-order valence-electron chi connectivity index (χ0n) is 18.6. The van der Waals surface area contributed by atoms with Crippen LogP contribution in [0.25, 0.3) is 0 Å². The number of aromatic nitrogens is 1. The van der Waals surface area contributed by atoms with E-state index in [4.69, 9.17) is 11.6 Å². The van der Waals surface area contributed by atoms with Crippen LogP contribution in [0.5, 0.6) is 0 Å². The van der Waals surface area contributed by atoms with Gasteiger partial charge in [0.05, 0.1) is 17.5 Å². The summed E-state index contributed by atoms with van der Waals surface area (Å²) in [6, 6.07) is 8.13. The number of nitrogens with one attached hydrogen (secondary N) is 3.